The molecule has 2 aromatic rings. The lowest BCUT2D eigenvalue weighted by atomic mass is 10.2. The van der Waals surface area contributed by atoms with Crippen molar-refractivity contribution in [3.63, 3.8) is 0 Å². The van der Waals surface area contributed by atoms with Gasteiger partial charge in [0, 0.05) is 36.8 Å². The zero-order valence-electron chi connectivity index (χ0n) is 18.1. The summed E-state index contributed by atoms with van der Waals surface area (Å²) in [7, 11) is 0. The van der Waals surface area contributed by atoms with Crippen molar-refractivity contribution >= 4 is 47.2 Å². The lowest BCUT2D eigenvalue weighted by Gasteiger charge is -2.14. The van der Waals surface area contributed by atoms with Crippen LogP contribution in [-0.4, -0.2) is 31.6 Å². The summed E-state index contributed by atoms with van der Waals surface area (Å²) in [4.78, 5) is 16.5. The molecule has 0 saturated heterocycles. The third-order valence-electron chi connectivity index (χ3n) is 4.46. The molecule has 168 valence electrons. The Hall–Kier alpha value is -2.49. The molecule has 1 aliphatic heterocycles. The van der Waals surface area contributed by atoms with E-state index < -0.39 is 0 Å². The number of aliphatic imine (C=N–C) groups is 1. The summed E-state index contributed by atoms with van der Waals surface area (Å²) in [5, 5.41) is 9.50. The molecule has 2 aromatic carbocycles. The zero-order chi connectivity index (χ0) is 21.2. The summed E-state index contributed by atoms with van der Waals surface area (Å²) in [5.41, 5.74) is 2.68. The second kappa shape index (κ2) is 13.0. The van der Waals surface area contributed by atoms with Crippen LogP contribution >= 0.6 is 24.0 Å². The first kappa shape index (κ1) is 24.8. The third-order valence-corrected chi connectivity index (χ3v) is 4.46. The number of anilines is 2. The van der Waals surface area contributed by atoms with E-state index in [2.05, 4.69) is 20.9 Å². The van der Waals surface area contributed by atoms with Crippen molar-refractivity contribution in [2.45, 2.75) is 39.7 Å². The highest BCUT2D eigenvalue weighted by molar-refractivity contribution is 14.0. The molecule has 31 heavy (non-hydrogen) atoms. The first-order chi connectivity index (χ1) is 14.7. The molecule has 8 heteroatoms. The minimum absolute atomic E-state index is 0. The highest BCUT2D eigenvalue weighted by Crippen LogP contribution is 2.32. The first-order valence-corrected chi connectivity index (χ1v) is 10.5. The maximum absolute atomic E-state index is 11.8. The summed E-state index contributed by atoms with van der Waals surface area (Å²) < 4.78 is 11.4. The largest absolute Gasteiger partial charge is 0.490 e. The van der Waals surface area contributed by atoms with Crippen LogP contribution in [0.4, 0.5) is 11.4 Å². The molecule has 0 saturated carbocycles. The maximum atomic E-state index is 11.8. The molecule has 1 aliphatic rings. The van der Waals surface area contributed by atoms with Crippen LogP contribution in [0.3, 0.4) is 0 Å². The van der Waals surface area contributed by atoms with Crippen LogP contribution in [0, 0.1) is 0 Å². The fourth-order valence-electron chi connectivity index (χ4n) is 3.05. The quantitative estimate of drug-likeness (QED) is 0.269. The van der Waals surface area contributed by atoms with Gasteiger partial charge in [-0.1, -0.05) is 19.1 Å². The van der Waals surface area contributed by atoms with Crippen LogP contribution in [0.25, 0.3) is 0 Å². The number of carbonyl (C=O) groups excluding carboxylic acids is 1. The van der Waals surface area contributed by atoms with E-state index in [1.165, 1.54) is 0 Å². The fourth-order valence-corrected chi connectivity index (χ4v) is 3.05. The molecular formula is C23H31IN4O3. The predicted molar refractivity (Wildman–Crippen MR) is 136 cm³/mol. The molecule has 0 bridgehead atoms. The Morgan fingerprint density at radius 1 is 1.00 bits per heavy atom. The number of guanidine groups is 1. The summed E-state index contributed by atoms with van der Waals surface area (Å²) in [6.45, 7) is 6.55. The van der Waals surface area contributed by atoms with Crippen molar-refractivity contribution in [3.05, 3.63) is 48.0 Å². The lowest BCUT2D eigenvalue weighted by Crippen LogP contribution is -2.30. The SMILES string of the molecule is CCCC(=O)Nc1cccc(CN=C(NCC)Nc2ccc3c(c2)OCCCO3)c1.I. The molecular weight excluding hydrogens is 507 g/mol. The molecule has 3 N–H and O–H groups in total. The Morgan fingerprint density at radius 3 is 2.55 bits per heavy atom. The number of nitrogens with zero attached hydrogens (tertiary/aromatic N) is 1. The fraction of sp³-hybridized carbons (Fsp3) is 0.391. The number of carbonyl (C=O) groups is 1. The highest BCUT2D eigenvalue weighted by atomic mass is 127. The van der Waals surface area contributed by atoms with Gasteiger partial charge < -0.3 is 25.4 Å². The molecule has 7 nitrogen and oxygen atoms in total. The topological polar surface area (TPSA) is 84.0 Å². The molecule has 1 heterocycles. The number of nitrogens with one attached hydrogen (secondary N) is 3. The van der Waals surface area contributed by atoms with Crippen molar-refractivity contribution in [3.8, 4) is 11.5 Å². The second-order valence-electron chi connectivity index (χ2n) is 7.03. The van der Waals surface area contributed by atoms with Crippen molar-refractivity contribution in [2.75, 3.05) is 30.4 Å². The first-order valence-electron chi connectivity index (χ1n) is 10.5. The van der Waals surface area contributed by atoms with E-state index in [1.807, 2.05) is 56.3 Å². The summed E-state index contributed by atoms with van der Waals surface area (Å²) >= 11 is 0. The van der Waals surface area contributed by atoms with Crippen molar-refractivity contribution in [1.82, 2.24) is 5.32 Å². The van der Waals surface area contributed by atoms with Gasteiger partial charge in [0.1, 0.15) is 0 Å². The number of fused-ring (bicyclic) bond motifs is 1. The van der Waals surface area contributed by atoms with Gasteiger partial charge in [-0.05, 0) is 43.2 Å². The van der Waals surface area contributed by atoms with Gasteiger partial charge in [-0.25, -0.2) is 4.99 Å². The van der Waals surface area contributed by atoms with Gasteiger partial charge in [0.15, 0.2) is 17.5 Å². The molecule has 0 unspecified atom stereocenters. The predicted octanol–water partition coefficient (Wildman–Crippen LogP) is 4.78. The maximum Gasteiger partial charge on any atom is 0.224 e. The molecule has 0 aliphatic carbocycles. The van der Waals surface area contributed by atoms with E-state index in [-0.39, 0.29) is 29.9 Å². The van der Waals surface area contributed by atoms with Gasteiger partial charge in [-0.15, -0.1) is 24.0 Å². The normalized spacial score (nSPS) is 12.9. The second-order valence-corrected chi connectivity index (χ2v) is 7.03. The Balaban J connectivity index is 0.00000341. The summed E-state index contributed by atoms with van der Waals surface area (Å²) in [5.74, 6) is 2.21. The van der Waals surface area contributed by atoms with E-state index in [1.54, 1.807) is 0 Å². The minimum atomic E-state index is 0. The van der Waals surface area contributed by atoms with Crippen molar-refractivity contribution < 1.29 is 14.3 Å². The zero-order valence-corrected chi connectivity index (χ0v) is 20.4. The Bertz CT molecular complexity index is 889. The minimum Gasteiger partial charge on any atom is -0.490 e. The van der Waals surface area contributed by atoms with Gasteiger partial charge in [-0.2, -0.15) is 0 Å². The Morgan fingerprint density at radius 2 is 1.77 bits per heavy atom. The van der Waals surface area contributed by atoms with E-state index >= 15 is 0 Å². The molecule has 0 spiro atoms. The van der Waals surface area contributed by atoms with Crippen LogP contribution in [0.15, 0.2) is 47.5 Å². The number of benzene rings is 2. The third kappa shape index (κ3) is 7.93. The molecule has 0 atom stereocenters. The number of ether oxygens (including phenoxy) is 2. The van der Waals surface area contributed by atoms with Gasteiger partial charge in [0.05, 0.1) is 19.8 Å². The number of hydrogen-bond donors (Lipinski definition) is 3. The summed E-state index contributed by atoms with van der Waals surface area (Å²) in [6, 6.07) is 13.6. The van der Waals surface area contributed by atoms with E-state index in [0.717, 1.165) is 47.8 Å². The Labute approximate surface area is 201 Å². The molecule has 1 amide bonds. The average molecular weight is 538 g/mol. The number of rotatable bonds is 7. The van der Waals surface area contributed by atoms with Gasteiger partial charge in [-0.3, -0.25) is 4.79 Å². The van der Waals surface area contributed by atoms with Crippen LogP contribution in [0.5, 0.6) is 11.5 Å². The van der Waals surface area contributed by atoms with Crippen molar-refractivity contribution in [1.29, 1.82) is 0 Å². The molecule has 0 fully saturated rings. The van der Waals surface area contributed by atoms with Gasteiger partial charge in [0.2, 0.25) is 5.91 Å². The number of halogens is 1. The molecule has 0 radical (unpaired) electrons. The number of amides is 1. The van der Waals surface area contributed by atoms with Crippen LogP contribution in [-0.2, 0) is 11.3 Å². The smallest absolute Gasteiger partial charge is 0.224 e. The van der Waals surface area contributed by atoms with Crippen LogP contribution < -0.4 is 25.4 Å². The molecule has 0 aromatic heterocycles. The summed E-state index contributed by atoms with van der Waals surface area (Å²) in [6.07, 6.45) is 2.22. The van der Waals surface area contributed by atoms with E-state index in [4.69, 9.17) is 9.47 Å². The highest BCUT2D eigenvalue weighted by Gasteiger charge is 2.11. The Kier molecular flexibility index (Phi) is 10.4. The van der Waals surface area contributed by atoms with E-state index in [9.17, 15) is 4.79 Å². The molecule has 3 rings (SSSR count). The van der Waals surface area contributed by atoms with Crippen LogP contribution in [0.2, 0.25) is 0 Å². The monoisotopic (exact) mass is 538 g/mol. The van der Waals surface area contributed by atoms with E-state index in [0.29, 0.717) is 32.1 Å². The average Bonchev–Trinajstić information content (AvgIpc) is 2.98. The van der Waals surface area contributed by atoms with Crippen LogP contribution in [0.1, 0.15) is 38.7 Å². The number of hydrogen-bond acceptors (Lipinski definition) is 4. The lowest BCUT2D eigenvalue weighted by molar-refractivity contribution is -0.116. The van der Waals surface area contributed by atoms with Gasteiger partial charge >= 0.3 is 0 Å². The standard InChI is InChI=1S/C23H30N4O3.HI/c1-3-7-22(28)26-18-9-5-8-17(14-18)16-25-23(24-4-2)27-19-10-11-20-21(15-19)30-13-6-12-29-20;/h5,8-11,14-15H,3-4,6-7,12-13,16H2,1-2H3,(H,26,28)(H2,24,25,27);1H. The van der Waals surface area contributed by atoms with Gasteiger partial charge in [0.25, 0.3) is 0 Å². The van der Waals surface area contributed by atoms with Crippen molar-refractivity contribution in [2.24, 2.45) is 4.99 Å².